The highest BCUT2D eigenvalue weighted by Gasteiger charge is 2.11. The molecule has 0 aliphatic heterocycles. The molecule has 1 rings (SSSR count). The average molecular weight is 225 g/mol. The number of hydrogen-bond donors (Lipinski definition) is 0. The Balaban J connectivity index is 3.17. The van der Waals surface area contributed by atoms with Gasteiger partial charge >= 0.3 is 5.97 Å². The van der Waals surface area contributed by atoms with Gasteiger partial charge < -0.3 is 4.74 Å². The van der Waals surface area contributed by atoms with Crippen LogP contribution in [0, 0.1) is 11.5 Å². The van der Waals surface area contributed by atoms with E-state index in [1.54, 1.807) is 19.2 Å². The van der Waals surface area contributed by atoms with E-state index in [-0.39, 0.29) is 0 Å². The van der Waals surface area contributed by atoms with Crippen molar-refractivity contribution in [3.8, 4) is 6.19 Å². The molecule has 0 saturated carbocycles. The molecule has 4 nitrogen and oxygen atoms in total. The van der Waals surface area contributed by atoms with E-state index in [4.69, 9.17) is 16.9 Å². The van der Waals surface area contributed by atoms with Crippen molar-refractivity contribution in [3.05, 3.63) is 28.8 Å². The fourth-order valence-corrected chi connectivity index (χ4v) is 1.31. The van der Waals surface area contributed by atoms with Crippen LogP contribution in [0.25, 0.3) is 0 Å². The van der Waals surface area contributed by atoms with E-state index < -0.39 is 5.97 Å². The standard InChI is InChI=1S/C10H9ClN2O2/c1-13(6-12)9-5-7(10(14)15-2)3-4-8(9)11/h3-5H,1-2H3. The number of carbonyl (C=O) groups excluding carboxylic acids is 1. The number of esters is 1. The number of anilines is 1. The van der Waals surface area contributed by atoms with Gasteiger partial charge in [0.15, 0.2) is 6.19 Å². The number of methoxy groups -OCH3 is 1. The largest absolute Gasteiger partial charge is 0.465 e. The first kappa shape index (κ1) is 11.3. The summed E-state index contributed by atoms with van der Waals surface area (Å²) >= 11 is 5.87. The molecule has 0 bridgehead atoms. The summed E-state index contributed by atoms with van der Waals surface area (Å²) in [4.78, 5) is 12.5. The van der Waals surface area contributed by atoms with Gasteiger partial charge in [0.1, 0.15) is 0 Å². The van der Waals surface area contributed by atoms with Crippen LogP contribution in [-0.2, 0) is 4.74 Å². The van der Waals surface area contributed by atoms with Crippen LogP contribution in [0.4, 0.5) is 5.69 Å². The van der Waals surface area contributed by atoms with E-state index in [0.717, 1.165) is 0 Å². The van der Waals surface area contributed by atoms with Gasteiger partial charge in [0, 0.05) is 7.05 Å². The average Bonchev–Trinajstić information content (AvgIpc) is 2.27. The van der Waals surface area contributed by atoms with Crippen LogP contribution in [0.3, 0.4) is 0 Å². The highest BCUT2D eigenvalue weighted by atomic mass is 35.5. The first-order valence-corrected chi connectivity index (χ1v) is 4.49. The summed E-state index contributed by atoms with van der Waals surface area (Å²) in [5.74, 6) is -0.459. The van der Waals surface area contributed by atoms with Gasteiger partial charge in [-0.2, -0.15) is 5.26 Å². The molecule has 0 heterocycles. The number of nitriles is 1. The maximum Gasteiger partial charge on any atom is 0.337 e. The molecule has 0 atom stereocenters. The third kappa shape index (κ3) is 2.39. The molecule has 0 aliphatic rings. The Morgan fingerprint density at radius 3 is 2.80 bits per heavy atom. The van der Waals surface area contributed by atoms with Crippen molar-refractivity contribution in [2.24, 2.45) is 0 Å². The van der Waals surface area contributed by atoms with Crippen molar-refractivity contribution >= 4 is 23.3 Å². The highest BCUT2D eigenvalue weighted by molar-refractivity contribution is 6.33. The molecule has 1 aromatic rings. The third-order valence-corrected chi connectivity index (χ3v) is 2.20. The first-order chi connectivity index (χ1) is 7.10. The van der Waals surface area contributed by atoms with Crippen molar-refractivity contribution in [1.29, 1.82) is 5.26 Å². The van der Waals surface area contributed by atoms with E-state index in [1.807, 2.05) is 6.19 Å². The van der Waals surface area contributed by atoms with E-state index in [0.29, 0.717) is 16.3 Å². The van der Waals surface area contributed by atoms with Crippen LogP contribution in [0.15, 0.2) is 18.2 Å². The molecule has 0 unspecified atom stereocenters. The second-order valence-electron chi connectivity index (χ2n) is 2.82. The van der Waals surface area contributed by atoms with Gasteiger partial charge in [0.2, 0.25) is 0 Å². The maximum atomic E-state index is 11.2. The molecular weight excluding hydrogens is 216 g/mol. The summed E-state index contributed by atoms with van der Waals surface area (Å²) in [5.41, 5.74) is 0.834. The first-order valence-electron chi connectivity index (χ1n) is 4.11. The van der Waals surface area contributed by atoms with Crippen molar-refractivity contribution in [2.75, 3.05) is 19.1 Å². The van der Waals surface area contributed by atoms with Gasteiger partial charge in [0.05, 0.1) is 23.4 Å². The topological polar surface area (TPSA) is 53.3 Å². The van der Waals surface area contributed by atoms with Crippen LogP contribution in [0.5, 0.6) is 0 Å². The molecule has 1 aromatic carbocycles. The molecular formula is C10H9ClN2O2. The molecule has 0 amide bonds. The lowest BCUT2D eigenvalue weighted by Gasteiger charge is -2.11. The lowest BCUT2D eigenvalue weighted by molar-refractivity contribution is 0.0601. The second kappa shape index (κ2) is 4.67. The number of carbonyl (C=O) groups is 1. The SMILES string of the molecule is COC(=O)c1ccc(Cl)c(N(C)C#N)c1. The minimum absolute atomic E-state index is 0.360. The monoisotopic (exact) mass is 224 g/mol. The maximum absolute atomic E-state index is 11.2. The number of nitrogens with zero attached hydrogens (tertiary/aromatic N) is 2. The molecule has 5 heteroatoms. The smallest absolute Gasteiger partial charge is 0.337 e. The van der Waals surface area contributed by atoms with Crippen molar-refractivity contribution < 1.29 is 9.53 Å². The van der Waals surface area contributed by atoms with Gasteiger partial charge in [-0.1, -0.05) is 11.6 Å². The van der Waals surface area contributed by atoms with Crippen molar-refractivity contribution in [1.82, 2.24) is 0 Å². The Morgan fingerprint density at radius 2 is 2.27 bits per heavy atom. The summed E-state index contributed by atoms with van der Waals surface area (Å²) in [6, 6.07) is 4.61. The summed E-state index contributed by atoms with van der Waals surface area (Å²) in [7, 11) is 2.85. The van der Waals surface area contributed by atoms with E-state index in [2.05, 4.69) is 4.74 Å². The van der Waals surface area contributed by atoms with Gasteiger partial charge in [-0.15, -0.1) is 0 Å². The molecule has 78 valence electrons. The van der Waals surface area contributed by atoms with E-state index in [1.165, 1.54) is 18.1 Å². The number of halogens is 1. The van der Waals surface area contributed by atoms with Gasteiger partial charge in [0.25, 0.3) is 0 Å². The predicted octanol–water partition coefficient (Wildman–Crippen LogP) is 2.04. The highest BCUT2D eigenvalue weighted by Crippen LogP contribution is 2.25. The summed E-state index contributed by atoms with van der Waals surface area (Å²) in [6.07, 6.45) is 1.90. The Bertz CT molecular complexity index is 426. The van der Waals surface area contributed by atoms with Crippen LogP contribution >= 0.6 is 11.6 Å². The van der Waals surface area contributed by atoms with Gasteiger partial charge in [-0.05, 0) is 18.2 Å². The Labute approximate surface area is 92.6 Å². The quantitative estimate of drug-likeness (QED) is 0.438. The number of rotatable bonds is 2. The van der Waals surface area contributed by atoms with Crippen LogP contribution in [-0.4, -0.2) is 20.1 Å². The molecule has 0 N–H and O–H groups in total. The Morgan fingerprint density at radius 1 is 1.60 bits per heavy atom. The Kier molecular flexibility index (Phi) is 3.53. The zero-order valence-electron chi connectivity index (χ0n) is 8.32. The molecule has 0 aliphatic carbocycles. The second-order valence-corrected chi connectivity index (χ2v) is 3.22. The van der Waals surface area contributed by atoms with E-state index >= 15 is 0 Å². The van der Waals surface area contributed by atoms with Crippen molar-refractivity contribution in [2.45, 2.75) is 0 Å². The molecule has 0 spiro atoms. The lowest BCUT2D eigenvalue weighted by Crippen LogP contribution is -2.10. The number of ether oxygens (including phenoxy) is 1. The van der Waals surface area contributed by atoms with Gasteiger partial charge in [-0.3, -0.25) is 4.90 Å². The van der Waals surface area contributed by atoms with Crippen LogP contribution < -0.4 is 4.90 Å². The minimum Gasteiger partial charge on any atom is -0.465 e. The Hall–Kier alpha value is -1.73. The normalized spacial score (nSPS) is 9.20. The number of hydrogen-bond acceptors (Lipinski definition) is 4. The third-order valence-electron chi connectivity index (χ3n) is 1.88. The zero-order valence-corrected chi connectivity index (χ0v) is 9.08. The molecule has 15 heavy (non-hydrogen) atoms. The summed E-state index contributed by atoms with van der Waals surface area (Å²) < 4.78 is 4.56. The fourth-order valence-electron chi connectivity index (χ4n) is 1.07. The fraction of sp³-hybridized carbons (Fsp3) is 0.200. The molecule has 0 aromatic heterocycles. The predicted molar refractivity (Wildman–Crippen MR) is 56.8 cm³/mol. The molecule has 0 radical (unpaired) electrons. The van der Waals surface area contributed by atoms with Crippen LogP contribution in [0.1, 0.15) is 10.4 Å². The van der Waals surface area contributed by atoms with Gasteiger partial charge in [-0.25, -0.2) is 4.79 Å². The number of benzene rings is 1. The lowest BCUT2D eigenvalue weighted by atomic mass is 10.2. The molecule has 0 saturated heterocycles. The van der Waals surface area contributed by atoms with E-state index in [9.17, 15) is 4.79 Å². The minimum atomic E-state index is -0.459. The zero-order chi connectivity index (χ0) is 11.4. The summed E-state index contributed by atoms with van der Waals surface area (Å²) in [5, 5.41) is 9.11. The van der Waals surface area contributed by atoms with Crippen molar-refractivity contribution in [3.63, 3.8) is 0 Å². The molecule has 0 fully saturated rings. The summed E-state index contributed by atoms with van der Waals surface area (Å²) in [6.45, 7) is 0. The van der Waals surface area contributed by atoms with Crippen LogP contribution in [0.2, 0.25) is 5.02 Å².